The lowest BCUT2D eigenvalue weighted by Gasteiger charge is -2.17. The number of nitro groups is 1. The Morgan fingerprint density at radius 2 is 1.83 bits per heavy atom. The maximum absolute atomic E-state index is 13.0. The second kappa shape index (κ2) is 8.62. The molecule has 0 aliphatic rings. The summed E-state index contributed by atoms with van der Waals surface area (Å²) in [4.78, 5) is 33.9. The Balaban J connectivity index is 1.62. The molecule has 4 aromatic rings. The van der Waals surface area contributed by atoms with E-state index < -0.39 is 4.92 Å². The van der Waals surface area contributed by atoms with Crippen LogP contribution < -0.4 is 4.90 Å². The Hall–Kier alpha value is -3.91. The van der Waals surface area contributed by atoms with E-state index in [2.05, 4.69) is 9.97 Å². The molecule has 0 spiro atoms. The number of hydrogen-bond donors (Lipinski definition) is 0. The van der Waals surface area contributed by atoms with Crippen LogP contribution in [0.15, 0.2) is 79.0 Å². The lowest BCUT2D eigenvalue weighted by molar-refractivity contribution is -0.384. The van der Waals surface area contributed by atoms with E-state index >= 15 is 0 Å². The SMILES string of the molecule is O=C(C=Cc1ccc([N+](=O)[O-])cc1)N(Cc1ccccn1)c1nc2ccccc2s1. The second-order valence-corrected chi connectivity index (χ2v) is 7.40. The molecule has 0 atom stereocenters. The van der Waals surface area contributed by atoms with Gasteiger partial charge in [0.25, 0.3) is 11.6 Å². The van der Waals surface area contributed by atoms with Gasteiger partial charge in [-0.25, -0.2) is 4.98 Å². The van der Waals surface area contributed by atoms with Gasteiger partial charge in [-0.15, -0.1) is 0 Å². The van der Waals surface area contributed by atoms with E-state index in [9.17, 15) is 14.9 Å². The predicted molar refractivity (Wildman–Crippen MR) is 117 cm³/mol. The normalized spacial score (nSPS) is 11.1. The molecule has 1 amide bonds. The van der Waals surface area contributed by atoms with Crippen LogP contribution in [0.3, 0.4) is 0 Å². The number of rotatable bonds is 6. The molecule has 0 bridgehead atoms. The molecule has 2 aromatic carbocycles. The van der Waals surface area contributed by atoms with Crippen LogP contribution in [0.2, 0.25) is 0 Å². The smallest absolute Gasteiger partial charge is 0.269 e. The lowest BCUT2D eigenvalue weighted by atomic mass is 10.2. The van der Waals surface area contributed by atoms with Gasteiger partial charge in [0.05, 0.1) is 27.4 Å². The molecule has 0 aliphatic heterocycles. The number of pyridine rings is 1. The standard InChI is InChI=1S/C22H16N4O3S/c27-21(13-10-16-8-11-18(12-9-16)26(28)29)25(15-17-5-3-4-14-23-17)22-24-19-6-1-2-7-20(19)30-22/h1-14H,15H2. The van der Waals surface area contributed by atoms with E-state index in [4.69, 9.17) is 0 Å². The van der Waals surface area contributed by atoms with Crippen LogP contribution in [0.5, 0.6) is 0 Å². The molecule has 8 heteroatoms. The van der Waals surface area contributed by atoms with Crippen molar-refractivity contribution in [2.75, 3.05) is 4.90 Å². The summed E-state index contributed by atoms with van der Waals surface area (Å²) in [6.45, 7) is 0.282. The van der Waals surface area contributed by atoms with Gasteiger partial charge in [-0.05, 0) is 48.0 Å². The summed E-state index contributed by atoms with van der Waals surface area (Å²) in [6, 6.07) is 19.3. The zero-order valence-corrected chi connectivity index (χ0v) is 16.5. The van der Waals surface area contributed by atoms with Gasteiger partial charge in [-0.2, -0.15) is 0 Å². The van der Waals surface area contributed by atoms with Crippen LogP contribution in [0, 0.1) is 10.1 Å². The van der Waals surface area contributed by atoms with Gasteiger partial charge in [-0.3, -0.25) is 24.8 Å². The van der Waals surface area contributed by atoms with Gasteiger partial charge in [0.2, 0.25) is 0 Å². The van der Waals surface area contributed by atoms with Crippen molar-refractivity contribution >= 4 is 44.4 Å². The monoisotopic (exact) mass is 416 g/mol. The van der Waals surface area contributed by atoms with Crippen LogP contribution in [-0.4, -0.2) is 20.8 Å². The fraction of sp³-hybridized carbons (Fsp3) is 0.0455. The minimum atomic E-state index is -0.458. The zero-order chi connectivity index (χ0) is 20.9. The predicted octanol–water partition coefficient (Wildman–Crippen LogP) is 4.85. The van der Waals surface area contributed by atoms with Crippen LogP contribution >= 0.6 is 11.3 Å². The van der Waals surface area contributed by atoms with Crippen molar-refractivity contribution in [3.05, 3.63) is 100 Å². The van der Waals surface area contributed by atoms with Crippen LogP contribution in [0.25, 0.3) is 16.3 Å². The van der Waals surface area contributed by atoms with E-state index in [0.29, 0.717) is 10.7 Å². The van der Waals surface area contributed by atoms with E-state index in [1.165, 1.54) is 29.5 Å². The number of hydrogen-bond acceptors (Lipinski definition) is 6. The number of anilines is 1. The number of amides is 1. The number of benzene rings is 2. The molecule has 0 saturated carbocycles. The largest absolute Gasteiger partial charge is 0.278 e. The Labute approximate surface area is 176 Å². The van der Waals surface area contributed by atoms with Crippen LogP contribution in [-0.2, 0) is 11.3 Å². The fourth-order valence-electron chi connectivity index (χ4n) is 2.83. The highest BCUT2D eigenvalue weighted by Gasteiger charge is 2.19. The summed E-state index contributed by atoms with van der Waals surface area (Å²) in [5, 5.41) is 11.4. The maximum atomic E-state index is 13.0. The molecule has 0 fully saturated rings. The third kappa shape index (κ3) is 4.39. The average molecular weight is 416 g/mol. The number of nitro benzene ring substituents is 1. The van der Waals surface area contributed by atoms with Crippen molar-refractivity contribution < 1.29 is 9.72 Å². The summed E-state index contributed by atoms with van der Waals surface area (Å²) in [7, 11) is 0. The fourth-order valence-corrected chi connectivity index (χ4v) is 3.80. The molecule has 148 valence electrons. The number of aromatic nitrogens is 2. The van der Waals surface area contributed by atoms with E-state index in [1.807, 2.05) is 42.5 Å². The zero-order valence-electron chi connectivity index (χ0n) is 15.7. The third-order valence-electron chi connectivity index (χ3n) is 4.35. The summed E-state index contributed by atoms with van der Waals surface area (Å²) < 4.78 is 0.991. The Kier molecular flexibility index (Phi) is 5.58. The number of non-ortho nitro benzene ring substituents is 1. The molecular formula is C22H16N4O3S. The number of carbonyl (C=O) groups excluding carboxylic acids is 1. The number of fused-ring (bicyclic) bond motifs is 1. The lowest BCUT2D eigenvalue weighted by Crippen LogP contribution is -2.29. The highest BCUT2D eigenvalue weighted by atomic mass is 32.1. The summed E-state index contributed by atoms with van der Waals surface area (Å²) >= 11 is 1.44. The summed E-state index contributed by atoms with van der Waals surface area (Å²) in [6.07, 6.45) is 4.75. The molecule has 0 N–H and O–H groups in total. The van der Waals surface area contributed by atoms with E-state index in [-0.39, 0.29) is 18.1 Å². The van der Waals surface area contributed by atoms with Crippen molar-refractivity contribution in [3.8, 4) is 0 Å². The molecule has 0 unspecified atom stereocenters. The van der Waals surface area contributed by atoms with Crippen LogP contribution in [0.4, 0.5) is 10.8 Å². The average Bonchev–Trinajstić information content (AvgIpc) is 3.20. The van der Waals surface area contributed by atoms with Crippen molar-refractivity contribution in [1.82, 2.24) is 9.97 Å². The molecule has 0 radical (unpaired) electrons. The van der Waals surface area contributed by atoms with Crippen molar-refractivity contribution in [1.29, 1.82) is 0 Å². The first kappa shape index (κ1) is 19.4. The minimum absolute atomic E-state index is 0.00438. The molecular weight excluding hydrogens is 400 g/mol. The Morgan fingerprint density at radius 3 is 2.53 bits per heavy atom. The highest BCUT2D eigenvalue weighted by Crippen LogP contribution is 2.29. The van der Waals surface area contributed by atoms with Crippen LogP contribution in [0.1, 0.15) is 11.3 Å². The molecule has 0 aliphatic carbocycles. The molecule has 7 nitrogen and oxygen atoms in total. The van der Waals surface area contributed by atoms with Crippen molar-refractivity contribution in [2.24, 2.45) is 0 Å². The van der Waals surface area contributed by atoms with Gasteiger partial charge in [0.15, 0.2) is 5.13 Å². The minimum Gasteiger partial charge on any atom is -0.278 e. The third-order valence-corrected chi connectivity index (χ3v) is 5.41. The number of nitrogens with zero attached hydrogens (tertiary/aromatic N) is 4. The van der Waals surface area contributed by atoms with Crippen molar-refractivity contribution in [2.45, 2.75) is 6.54 Å². The molecule has 0 saturated heterocycles. The number of thiazole rings is 1. The molecule has 4 rings (SSSR count). The number of para-hydroxylation sites is 1. The maximum Gasteiger partial charge on any atom is 0.269 e. The molecule has 2 aromatic heterocycles. The van der Waals surface area contributed by atoms with Crippen molar-refractivity contribution in [3.63, 3.8) is 0 Å². The first-order valence-electron chi connectivity index (χ1n) is 9.10. The number of carbonyl (C=O) groups is 1. The molecule has 2 heterocycles. The topological polar surface area (TPSA) is 89.2 Å². The second-order valence-electron chi connectivity index (χ2n) is 6.39. The van der Waals surface area contributed by atoms with E-state index in [0.717, 1.165) is 15.9 Å². The Bertz CT molecular complexity index is 1190. The van der Waals surface area contributed by atoms with E-state index in [1.54, 1.807) is 29.3 Å². The first-order valence-corrected chi connectivity index (χ1v) is 9.91. The highest BCUT2D eigenvalue weighted by molar-refractivity contribution is 7.22. The quantitative estimate of drug-likeness (QED) is 0.255. The van der Waals surface area contributed by atoms with Gasteiger partial charge in [0.1, 0.15) is 0 Å². The van der Waals surface area contributed by atoms with Gasteiger partial charge in [0, 0.05) is 24.4 Å². The van der Waals surface area contributed by atoms with Gasteiger partial charge < -0.3 is 0 Å². The van der Waals surface area contributed by atoms with Gasteiger partial charge >= 0.3 is 0 Å². The Morgan fingerprint density at radius 1 is 1.07 bits per heavy atom. The van der Waals surface area contributed by atoms with Gasteiger partial charge in [-0.1, -0.05) is 29.5 Å². The summed E-state index contributed by atoms with van der Waals surface area (Å²) in [5.74, 6) is -0.252. The summed E-state index contributed by atoms with van der Waals surface area (Å²) in [5.41, 5.74) is 2.27. The first-order chi connectivity index (χ1) is 14.6. The molecule has 30 heavy (non-hydrogen) atoms.